The molecule has 0 aromatic heterocycles. The van der Waals surface area contributed by atoms with E-state index in [-0.39, 0.29) is 5.66 Å². The molecule has 0 amide bonds. The minimum Gasteiger partial charge on any atom is -0.282 e. The lowest BCUT2D eigenvalue weighted by atomic mass is 9.97. The highest BCUT2D eigenvalue weighted by atomic mass is 28.1. The number of likely N-dealkylation sites (N-methyl/N-ethyl adjacent to an activating group) is 2. The van der Waals surface area contributed by atoms with Gasteiger partial charge < -0.3 is 0 Å². The lowest BCUT2D eigenvalue weighted by Gasteiger charge is -2.52. The molecule has 0 saturated heterocycles. The quantitative estimate of drug-likeness (QED) is 0.425. The van der Waals surface area contributed by atoms with E-state index in [1.807, 2.05) is 0 Å². The summed E-state index contributed by atoms with van der Waals surface area (Å²) in [6.45, 7) is 20.5. The second-order valence-electron chi connectivity index (χ2n) is 5.51. The van der Waals surface area contributed by atoms with E-state index in [1.54, 1.807) is 0 Å². The molecule has 0 aromatic rings. The van der Waals surface area contributed by atoms with Gasteiger partial charge in [0.25, 0.3) is 0 Å². The highest BCUT2D eigenvalue weighted by Crippen LogP contribution is 2.32. The van der Waals surface area contributed by atoms with Gasteiger partial charge in [0.15, 0.2) is 0 Å². The van der Waals surface area contributed by atoms with Crippen molar-refractivity contribution < 1.29 is 0 Å². The molecule has 0 aliphatic heterocycles. The van der Waals surface area contributed by atoms with Gasteiger partial charge in [-0.2, -0.15) is 0 Å². The molecule has 2 nitrogen and oxygen atoms in total. The van der Waals surface area contributed by atoms with Crippen LogP contribution >= 0.6 is 0 Å². The molecule has 0 rings (SSSR count). The van der Waals surface area contributed by atoms with Gasteiger partial charge in [0.05, 0.1) is 5.66 Å². The van der Waals surface area contributed by atoms with Gasteiger partial charge >= 0.3 is 0 Å². The molecule has 0 unspecified atom stereocenters. The zero-order valence-electron chi connectivity index (χ0n) is 14.3. The number of rotatable bonds is 11. The van der Waals surface area contributed by atoms with Crippen LogP contribution in [-0.2, 0) is 0 Å². The van der Waals surface area contributed by atoms with Crippen molar-refractivity contribution in [2.75, 3.05) is 26.2 Å². The van der Waals surface area contributed by atoms with E-state index in [4.69, 9.17) is 0 Å². The van der Waals surface area contributed by atoms with Crippen molar-refractivity contribution in [3.63, 3.8) is 0 Å². The zero-order valence-corrected chi connectivity index (χ0v) is 16.3. The fourth-order valence-corrected chi connectivity index (χ4v) is 4.25. The predicted molar refractivity (Wildman–Crippen MR) is 91.8 cm³/mol. The van der Waals surface area contributed by atoms with Crippen LogP contribution in [0.2, 0.25) is 0 Å². The fraction of sp³-hybridized carbons (Fsp3) is 0.875. The summed E-state index contributed by atoms with van der Waals surface area (Å²) in [5.41, 5.74) is 0.122. The molecule has 0 spiro atoms. The Bertz CT molecular complexity index is 239. The normalized spacial score (nSPS) is 12.6. The monoisotopic (exact) mass is 284 g/mol. The molecule has 0 N–H and O–H groups in total. The molecule has 0 radical (unpaired) electrons. The summed E-state index contributed by atoms with van der Waals surface area (Å²) in [5, 5.41) is 1.44. The predicted octanol–water partition coefficient (Wildman–Crippen LogP) is 2.83. The Hall–Kier alpha value is -0.123. The average molecular weight is 285 g/mol. The second kappa shape index (κ2) is 9.73. The summed E-state index contributed by atoms with van der Waals surface area (Å²) in [6.07, 6.45) is 4.88. The first-order chi connectivity index (χ1) is 9.04. The van der Waals surface area contributed by atoms with Crippen LogP contribution in [-0.4, -0.2) is 51.9 Å². The van der Waals surface area contributed by atoms with Crippen molar-refractivity contribution in [2.24, 2.45) is 0 Å². The Morgan fingerprint density at radius 3 is 1.53 bits per heavy atom. The lowest BCUT2D eigenvalue weighted by Crippen LogP contribution is -2.62. The SMILES string of the molecule is C=C([SiH3])C(CCC)(N(CC)CCC)N(CC)CCC. The molecule has 0 aliphatic carbocycles. The van der Waals surface area contributed by atoms with E-state index in [0.29, 0.717) is 0 Å². The Morgan fingerprint density at radius 2 is 1.32 bits per heavy atom. The Balaban J connectivity index is 5.54. The molecule has 0 fully saturated rings. The first-order valence-corrected chi connectivity index (χ1v) is 9.20. The third-order valence-corrected chi connectivity index (χ3v) is 4.88. The maximum atomic E-state index is 4.43. The minimum absolute atomic E-state index is 0.122. The van der Waals surface area contributed by atoms with E-state index in [0.717, 1.165) is 23.3 Å². The summed E-state index contributed by atoms with van der Waals surface area (Å²) >= 11 is 0. The number of nitrogens with zero attached hydrogens (tertiary/aromatic N) is 2. The molecular formula is C16H36N2Si. The highest BCUT2D eigenvalue weighted by Gasteiger charge is 2.39. The van der Waals surface area contributed by atoms with E-state index >= 15 is 0 Å². The summed E-state index contributed by atoms with van der Waals surface area (Å²) in [5.74, 6) is 0. The van der Waals surface area contributed by atoms with Crippen molar-refractivity contribution in [1.29, 1.82) is 0 Å². The van der Waals surface area contributed by atoms with Crippen LogP contribution in [0.5, 0.6) is 0 Å². The largest absolute Gasteiger partial charge is 0.282 e. The van der Waals surface area contributed by atoms with Crippen molar-refractivity contribution in [1.82, 2.24) is 9.80 Å². The Kier molecular flexibility index (Phi) is 9.67. The minimum atomic E-state index is 0.122. The van der Waals surface area contributed by atoms with Crippen molar-refractivity contribution in [3.05, 3.63) is 11.8 Å². The van der Waals surface area contributed by atoms with Gasteiger partial charge in [-0.25, -0.2) is 0 Å². The standard InChI is InChI=1S/C16H36N2Si/c1-7-12-16(15(6)19,17(10-4)13-8-2)18(11-5)14-9-3/h6-14H2,1-5,19H3. The van der Waals surface area contributed by atoms with E-state index in [9.17, 15) is 0 Å². The molecular weight excluding hydrogens is 248 g/mol. The Morgan fingerprint density at radius 1 is 0.895 bits per heavy atom. The van der Waals surface area contributed by atoms with Crippen LogP contribution in [0.3, 0.4) is 0 Å². The maximum Gasteiger partial charge on any atom is 0.0910 e. The van der Waals surface area contributed by atoms with Crippen LogP contribution in [0, 0.1) is 0 Å². The second-order valence-corrected chi connectivity index (χ2v) is 6.71. The van der Waals surface area contributed by atoms with Gasteiger partial charge in [-0.05, 0) is 45.4 Å². The Labute approximate surface area is 124 Å². The summed E-state index contributed by atoms with van der Waals surface area (Å²) in [6, 6.07) is 0. The summed E-state index contributed by atoms with van der Waals surface area (Å²) in [4.78, 5) is 5.34. The molecule has 0 saturated carbocycles. The van der Waals surface area contributed by atoms with Crippen LogP contribution in [0.1, 0.15) is 60.3 Å². The van der Waals surface area contributed by atoms with Crippen LogP contribution in [0.4, 0.5) is 0 Å². The molecule has 0 heterocycles. The third-order valence-electron chi connectivity index (χ3n) is 4.08. The van der Waals surface area contributed by atoms with E-state index in [1.165, 1.54) is 44.0 Å². The van der Waals surface area contributed by atoms with E-state index < -0.39 is 0 Å². The lowest BCUT2D eigenvalue weighted by molar-refractivity contribution is -0.0278. The first kappa shape index (κ1) is 18.9. The first-order valence-electron chi connectivity index (χ1n) is 8.20. The van der Waals surface area contributed by atoms with Gasteiger partial charge in [0.2, 0.25) is 0 Å². The van der Waals surface area contributed by atoms with Gasteiger partial charge in [0.1, 0.15) is 0 Å². The molecule has 3 heteroatoms. The van der Waals surface area contributed by atoms with Gasteiger partial charge in [-0.3, -0.25) is 9.80 Å². The van der Waals surface area contributed by atoms with E-state index in [2.05, 4.69) is 51.0 Å². The van der Waals surface area contributed by atoms with Gasteiger partial charge in [-0.15, -0.1) is 6.58 Å². The summed E-state index contributed by atoms with van der Waals surface area (Å²) < 4.78 is 0. The molecule has 0 aliphatic rings. The molecule has 19 heavy (non-hydrogen) atoms. The van der Waals surface area contributed by atoms with Crippen molar-refractivity contribution >= 4 is 10.2 Å². The summed E-state index contributed by atoms with van der Waals surface area (Å²) in [7, 11) is 1.08. The zero-order chi connectivity index (χ0) is 14.9. The smallest absolute Gasteiger partial charge is 0.0910 e. The van der Waals surface area contributed by atoms with Crippen molar-refractivity contribution in [2.45, 2.75) is 66.0 Å². The molecule has 0 aromatic carbocycles. The van der Waals surface area contributed by atoms with Crippen LogP contribution in [0.25, 0.3) is 0 Å². The fourth-order valence-electron chi connectivity index (χ4n) is 3.37. The third kappa shape index (κ3) is 4.43. The molecule has 0 atom stereocenters. The van der Waals surface area contributed by atoms with Crippen LogP contribution < -0.4 is 0 Å². The van der Waals surface area contributed by atoms with Gasteiger partial charge in [-0.1, -0.05) is 46.2 Å². The molecule has 114 valence electrons. The van der Waals surface area contributed by atoms with Crippen LogP contribution in [0.15, 0.2) is 11.8 Å². The number of hydrogen-bond donors (Lipinski definition) is 0. The topological polar surface area (TPSA) is 6.48 Å². The maximum absolute atomic E-state index is 4.43. The average Bonchev–Trinajstić information content (AvgIpc) is 2.39. The van der Waals surface area contributed by atoms with Gasteiger partial charge in [0, 0.05) is 10.2 Å². The number of hydrogen-bond acceptors (Lipinski definition) is 2. The van der Waals surface area contributed by atoms with Crippen molar-refractivity contribution in [3.8, 4) is 0 Å². The highest BCUT2D eigenvalue weighted by molar-refractivity contribution is 6.22. The molecule has 0 bridgehead atoms.